The van der Waals surface area contributed by atoms with Crippen LogP contribution in [-0.2, 0) is 21.4 Å². The first kappa shape index (κ1) is 29.4. The highest BCUT2D eigenvalue weighted by atomic mass is 19.1. The first-order valence-electron chi connectivity index (χ1n) is 13.3. The van der Waals surface area contributed by atoms with Crippen molar-refractivity contribution in [1.29, 1.82) is 0 Å². The quantitative estimate of drug-likeness (QED) is 0.293. The van der Waals surface area contributed by atoms with Crippen LogP contribution in [-0.4, -0.2) is 52.2 Å². The molecule has 1 aromatic heterocycles. The summed E-state index contributed by atoms with van der Waals surface area (Å²) in [7, 11) is 0. The molecule has 1 saturated heterocycles. The highest BCUT2D eigenvalue weighted by molar-refractivity contribution is 6.22. The fourth-order valence-electron chi connectivity index (χ4n) is 5.62. The van der Waals surface area contributed by atoms with Gasteiger partial charge in [0.05, 0.1) is 22.2 Å². The number of nitrogens with zero attached hydrogens (tertiary/aromatic N) is 2. The predicted octanol–water partition coefficient (Wildman–Crippen LogP) is 4.81. The number of imide groups is 1. The molecule has 5 rings (SSSR count). The maximum atomic E-state index is 14.5. The van der Waals surface area contributed by atoms with Gasteiger partial charge in [0, 0.05) is 36.8 Å². The van der Waals surface area contributed by atoms with Gasteiger partial charge in [0.2, 0.25) is 0 Å². The number of fused-ring (bicyclic) bond motifs is 2. The Hall–Kier alpha value is -4.54. The summed E-state index contributed by atoms with van der Waals surface area (Å²) in [4.78, 5) is 46.4. The van der Waals surface area contributed by atoms with Crippen molar-refractivity contribution < 1.29 is 38.3 Å². The molecule has 3 aromatic rings. The van der Waals surface area contributed by atoms with E-state index >= 15 is 0 Å². The molecule has 0 aliphatic carbocycles. The second-order valence-electron chi connectivity index (χ2n) is 11.0. The largest absolute Gasteiger partial charge is 0.478 e. The molecule has 1 fully saturated rings. The Labute approximate surface area is 235 Å². The van der Waals surface area contributed by atoms with Crippen molar-refractivity contribution in [2.75, 3.05) is 18.0 Å². The maximum Gasteiger partial charge on any atom is 0.328 e. The van der Waals surface area contributed by atoms with Crippen LogP contribution in [0.3, 0.4) is 0 Å². The van der Waals surface area contributed by atoms with Gasteiger partial charge >= 0.3 is 11.9 Å². The van der Waals surface area contributed by atoms with Gasteiger partial charge in [-0.2, -0.15) is 0 Å². The number of carbonyl (C=O) groups is 4. The van der Waals surface area contributed by atoms with Crippen LogP contribution in [0.2, 0.25) is 0 Å². The molecule has 216 valence electrons. The van der Waals surface area contributed by atoms with Crippen LogP contribution in [0.25, 0.3) is 11.0 Å². The predicted molar refractivity (Wildman–Crippen MR) is 149 cm³/mol. The minimum absolute atomic E-state index is 0.0995. The molecule has 2 aromatic carbocycles. The van der Waals surface area contributed by atoms with E-state index in [0.717, 1.165) is 42.7 Å². The Morgan fingerprint density at radius 2 is 1.76 bits per heavy atom. The summed E-state index contributed by atoms with van der Waals surface area (Å²) in [6, 6.07) is 6.70. The van der Waals surface area contributed by atoms with E-state index in [-0.39, 0.29) is 29.0 Å². The van der Waals surface area contributed by atoms with Gasteiger partial charge in [-0.05, 0) is 54.0 Å². The van der Waals surface area contributed by atoms with Crippen LogP contribution < -0.4 is 10.2 Å². The Morgan fingerprint density at radius 3 is 2.32 bits per heavy atom. The fraction of sp³-hybridized carbons (Fsp3) is 0.367. The van der Waals surface area contributed by atoms with Gasteiger partial charge < -0.3 is 19.6 Å². The summed E-state index contributed by atoms with van der Waals surface area (Å²) >= 11 is 0. The second kappa shape index (κ2) is 11.5. The van der Waals surface area contributed by atoms with Crippen molar-refractivity contribution in [3.63, 3.8) is 0 Å². The van der Waals surface area contributed by atoms with Crippen LogP contribution in [0.4, 0.5) is 10.1 Å². The van der Waals surface area contributed by atoms with E-state index in [1.807, 2.05) is 13.0 Å². The third kappa shape index (κ3) is 5.98. The number of benzene rings is 2. The Morgan fingerprint density at radius 1 is 1.12 bits per heavy atom. The number of piperidine rings is 1. The summed E-state index contributed by atoms with van der Waals surface area (Å²) in [5.41, 5.74) is 5.02. The van der Waals surface area contributed by atoms with Crippen LogP contribution in [0.5, 0.6) is 0 Å². The number of carboxylic acids is 2. The number of hydrogen-bond donors (Lipinski definition) is 3. The normalized spacial score (nSPS) is 15.6. The molecule has 0 unspecified atom stereocenters. The highest BCUT2D eigenvalue weighted by Gasteiger charge is 2.37. The summed E-state index contributed by atoms with van der Waals surface area (Å²) in [5, 5.41) is 22.8. The summed E-state index contributed by atoms with van der Waals surface area (Å²) < 4.78 is 19.8. The van der Waals surface area contributed by atoms with E-state index in [1.54, 1.807) is 12.1 Å². The summed E-state index contributed by atoms with van der Waals surface area (Å²) in [5.74, 6) is -3.35. The third-order valence-electron chi connectivity index (χ3n) is 7.28. The van der Waals surface area contributed by atoms with Gasteiger partial charge in [0.1, 0.15) is 5.82 Å². The van der Waals surface area contributed by atoms with E-state index in [9.17, 15) is 23.6 Å². The molecule has 0 atom stereocenters. The van der Waals surface area contributed by atoms with Crippen LogP contribution in [0.1, 0.15) is 84.0 Å². The number of anilines is 1. The van der Waals surface area contributed by atoms with Crippen molar-refractivity contribution in [2.24, 2.45) is 0 Å². The zero-order valence-electron chi connectivity index (χ0n) is 23.3. The van der Waals surface area contributed by atoms with Crippen LogP contribution in [0, 0.1) is 5.82 Å². The van der Waals surface area contributed by atoms with Gasteiger partial charge in [0.15, 0.2) is 5.58 Å². The standard InChI is InChI=1S/C26H28FN3O3.C4H4O4/c1-5-15-20-16(24(31)28-25(20)32)13-18(22(15)26(2,3)4)30-11-9-14(10-12-30)23-21-17(27)7-6-8-19(21)33-29-23;5-3(6)1-2-4(7)8/h6-8,13-14H,5,9-12H2,1-4H3,(H,28,31,32);1-2H,(H,5,6)(H,7,8). The van der Waals surface area contributed by atoms with Crippen molar-refractivity contribution in [2.45, 2.75) is 58.3 Å². The van der Waals surface area contributed by atoms with Gasteiger partial charge in [-0.15, -0.1) is 0 Å². The number of carbonyl (C=O) groups excluding carboxylic acids is 2. The maximum absolute atomic E-state index is 14.5. The van der Waals surface area contributed by atoms with E-state index in [1.165, 1.54) is 6.07 Å². The number of amides is 2. The summed E-state index contributed by atoms with van der Waals surface area (Å²) in [6.45, 7) is 9.94. The molecule has 2 aliphatic rings. The number of rotatable bonds is 5. The third-order valence-corrected chi connectivity index (χ3v) is 7.28. The average molecular weight is 566 g/mol. The molecule has 0 spiro atoms. The van der Waals surface area contributed by atoms with E-state index in [2.05, 4.69) is 36.1 Å². The van der Waals surface area contributed by atoms with Crippen LogP contribution in [0.15, 0.2) is 40.9 Å². The zero-order chi connectivity index (χ0) is 30.1. The lowest BCUT2D eigenvalue weighted by atomic mass is 9.78. The van der Waals surface area contributed by atoms with E-state index in [0.29, 0.717) is 46.4 Å². The number of nitrogens with one attached hydrogen (secondary N) is 1. The molecule has 3 N–H and O–H groups in total. The Kier molecular flexibility index (Phi) is 8.27. The number of aliphatic carboxylic acids is 2. The molecule has 0 saturated carbocycles. The lowest BCUT2D eigenvalue weighted by Crippen LogP contribution is -2.35. The molecule has 0 bridgehead atoms. The Balaban J connectivity index is 0.000000426. The number of hydrogen-bond acceptors (Lipinski definition) is 7. The highest BCUT2D eigenvalue weighted by Crippen LogP contribution is 2.42. The van der Waals surface area contributed by atoms with Crippen molar-refractivity contribution in [3.05, 3.63) is 70.2 Å². The smallest absolute Gasteiger partial charge is 0.328 e. The first-order valence-corrected chi connectivity index (χ1v) is 13.3. The van der Waals surface area contributed by atoms with Crippen molar-refractivity contribution in [3.8, 4) is 0 Å². The molecule has 11 heteroatoms. The number of aromatic nitrogens is 1. The lowest BCUT2D eigenvalue weighted by Gasteiger charge is -2.38. The molecule has 10 nitrogen and oxygen atoms in total. The number of halogens is 1. The van der Waals surface area contributed by atoms with Crippen LogP contribution >= 0.6 is 0 Å². The second-order valence-corrected chi connectivity index (χ2v) is 11.0. The molecule has 3 heterocycles. The monoisotopic (exact) mass is 565 g/mol. The van der Waals surface area contributed by atoms with E-state index < -0.39 is 11.9 Å². The molecule has 41 heavy (non-hydrogen) atoms. The van der Waals surface area contributed by atoms with Crippen molar-refractivity contribution >= 4 is 40.4 Å². The molecular weight excluding hydrogens is 533 g/mol. The minimum Gasteiger partial charge on any atom is -0.478 e. The molecule has 0 radical (unpaired) electrons. The number of carboxylic acid groups (broad SMARTS) is 2. The molecule has 2 aliphatic heterocycles. The summed E-state index contributed by atoms with van der Waals surface area (Å²) in [6.07, 6.45) is 3.38. The van der Waals surface area contributed by atoms with Crippen molar-refractivity contribution in [1.82, 2.24) is 10.5 Å². The van der Waals surface area contributed by atoms with Gasteiger partial charge in [0.25, 0.3) is 11.8 Å². The average Bonchev–Trinajstić information content (AvgIpc) is 3.47. The SMILES string of the molecule is CCc1c2c(cc(N3CCC(c4noc5cccc(F)c45)CC3)c1C(C)(C)C)C(=O)NC2=O.O=C(O)C=CC(=O)O. The van der Waals surface area contributed by atoms with E-state index in [4.69, 9.17) is 14.7 Å². The van der Waals surface area contributed by atoms with Gasteiger partial charge in [-0.1, -0.05) is 38.9 Å². The lowest BCUT2D eigenvalue weighted by molar-refractivity contribution is -0.134. The first-order chi connectivity index (χ1) is 19.3. The fourth-order valence-corrected chi connectivity index (χ4v) is 5.62. The zero-order valence-corrected chi connectivity index (χ0v) is 23.3. The topological polar surface area (TPSA) is 150 Å². The van der Waals surface area contributed by atoms with Gasteiger partial charge in [-0.25, -0.2) is 14.0 Å². The molecular formula is C30H32FN3O7. The minimum atomic E-state index is -1.26. The molecule has 2 amide bonds. The Bertz CT molecular complexity index is 1540. The van der Waals surface area contributed by atoms with Gasteiger partial charge in [-0.3, -0.25) is 14.9 Å².